The summed E-state index contributed by atoms with van der Waals surface area (Å²) < 4.78 is 54.8. The molecule has 9 heteroatoms. The number of alkyl halides is 3. The summed E-state index contributed by atoms with van der Waals surface area (Å²) in [6.45, 7) is 3.88. The number of carbonyl (C=O) groups excluding carboxylic acids is 1. The molecule has 0 saturated carbocycles. The summed E-state index contributed by atoms with van der Waals surface area (Å²) in [4.78, 5) is 18.3. The lowest BCUT2D eigenvalue weighted by Gasteiger charge is -2.26. The van der Waals surface area contributed by atoms with E-state index in [-0.39, 0.29) is 18.4 Å². The molecule has 0 bridgehead atoms. The van der Waals surface area contributed by atoms with Crippen LogP contribution in [0.4, 0.5) is 13.2 Å². The first-order valence-corrected chi connectivity index (χ1v) is 10.0. The van der Waals surface area contributed by atoms with Crippen molar-refractivity contribution in [2.45, 2.75) is 13.1 Å². The lowest BCUT2D eigenvalue weighted by atomic mass is 10.1. The fraction of sp³-hybridized carbons (Fsp3) is 0.304. The van der Waals surface area contributed by atoms with Crippen LogP contribution >= 0.6 is 0 Å². The van der Waals surface area contributed by atoms with E-state index in [1.807, 2.05) is 0 Å². The second-order valence-corrected chi connectivity index (χ2v) is 7.31. The van der Waals surface area contributed by atoms with Gasteiger partial charge < -0.3 is 18.8 Å². The van der Waals surface area contributed by atoms with Gasteiger partial charge in [0.2, 0.25) is 5.89 Å². The quantitative estimate of drug-likeness (QED) is 0.574. The zero-order valence-corrected chi connectivity index (χ0v) is 17.3. The van der Waals surface area contributed by atoms with Crippen molar-refractivity contribution in [1.82, 2.24) is 9.88 Å². The number of aryl methyl sites for hydroxylation is 1. The van der Waals surface area contributed by atoms with Crippen LogP contribution in [0.3, 0.4) is 0 Å². The average molecular weight is 446 g/mol. The van der Waals surface area contributed by atoms with Crippen LogP contribution in [0.2, 0.25) is 0 Å². The average Bonchev–Trinajstić information content (AvgIpc) is 3.19. The molecule has 1 aromatic heterocycles. The first-order chi connectivity index (χ1) is 15.3. The van der Waals surface area contributed by atoms with Crippen molar-refractivity contribution >= 4 is 5.91 Å². The number of halogens is 3. The molecule has 1 amide bonds. The summed E-state index contributed by atoms with van der Waals surface area (Å²) in [6.07, 6.45) is -4.40. The van der Waals surface area contributed by atoms with Crippen molar-refractivity contribution in [3.05, 3.63) is 59.9 Å². The second kappa shape index (κ2) is 9.04. The molecular weight excluding hydrogens is 425 g/mol. The van der Waals surface area contributed by atoms with Gasteiger partial charge in [0.1, 0.15) is 17.2 Å². The molecule has 0 spiro atoms. The Hall–Kier alpha value is -3.33. The highest BCUT2D eigenvalue weighted by molar-refractivity contribution is 5.78. The van der Waals surface area contributed by atoms with Crippen LogP contribution in [0.15, 0.2) is 52.9 Å². The van der Waals surface area contributed by atoms with Crippen LogP contribution < -0.4 is 4.74 Å². The number of aromatic nitrogens is 1. The van der Waals surface area contributed by atoms with Gasteiger partial charge in [0, 0.05) is 24.2 Å². The van der Waals surface area contributed by atoms with Crippen LogP contribution in [-0.4, -0.2) is 48.7 Å². The highest BCUT2D eigenvalue weighted by Gasteiger charge is 2.30. The van der Waals surface area contributed by atoms with Crippen molar-refractivity contribution in [3.63, 3.8) is 0 Å². The van der Waals surface area contributed by atoms with Gasteiger partial charge in [-0.2, -0.15) is 13.2 Å². The number of benzene rings is 2. The molecule has 2 aromatic carbocycles. The molecule has 1 aliphatic rings. The van der Waals surface area contributed by atoms with E-state index in [9.17, 15) is 18.0 Å². The molecule has 0 N–H and O–H groups in total. The normalized spacial score (nSPS) is 14.4. The number of nitrogens with zero attached hydrogens (tertiary/aromatic N) is 2. The minimum atomic E-state index is -4.40. The lowest BCUT2D eigenvalue weighted by molar-refractivity contribution is -0.138. The fourth-order valence-electron chi connectivity index (χ4n) is 3.35. The Labute approximate surface area is 182 Å². The monoisotopic (exact) mass is 446 g/mol. The third-order valence-electron chi connectivity index (χ3n) is 5.11. The number of ether oxygens (including phenoxy) is 2. The summed E-state index contributed by atoms with van der Waals surface area (Å²) >= 11 is 0. The Kier molecular flexibility index (Phi) is 6.18. The number of amides is 1. The van der Waals surface area contributed by atoms with Gasteiger partial charge in [0.05, 0.1) is 18.8 Å². The summed E-state index contributed by atoms with van der Waals surface area (Å²) in [6, 6.07) is 11.7. The van der Waals surface area contributed by atoms with Gasteiger partial charge in [-0.15, -0.1) is 0 Å². The van der Waals surface area contributed by atoms with Gasteiger partial charge in [-0.05, 0) is 55.5 Å². The number of carbonyl (C=O) groups is 1. The van der Waals surface area contributed by atoms with Crippen LogP contribution in [0.25, 0.3) is 22.7 Å². The van der Waals surface area contributed by atoms with Gasteiger partial charge >= 0.3 is 6.18 Å². The molecule has 1 saturated heterocycles. The highest BCUT2D eigenvalue weighted by atomic mass is 19.4. The largest absolute Gasteiger partial charge is 0.484 e. The van der Waals surface area contributed by atoms with E-state index < -0.39 is 11.7 Å². The van der Waals surface area contributed by atoms with E-state index >= 15 is 0 Å². The molecule has 1 aliphatic heterocycles. The summed E-state index contributed by atoms with van der Waals surface area (Å²) in [5.41, 5.74) is 1.06. The zero-order chi connectivity index (χ0) is 22.7. The molecule has 0 aliphatic carbocycles. The standard InChI is InChI=1S/C23H21F3N2O4/c1-15-21(27-22(32-15)17-2-6-18(7-3-17)23(24,25)26)16-4-8-19(9-5-16)31-14-20(29)28-10-12-30-13-11-28/h2-9H,10-14H2,1H3. The van der Waals surface area contributed by atoms with Crippen LogP contribution in [0, 0.1) is 6.92 Å². The minimum Gasteiger partial charge on any atom is -0.484 e. The molecule has 0 atom stereocenters. The molecule has 0 radical (unpaired) electrons. The Balaban J connectivity index is 1.43. The van der Waals surface area contributed by atoms with E-state index in [4.69, 9.17) is 13.9 Å². The highest BCUT2D eigenvalue weighted by Crippen LogP contribution is 2.33. The van der Waals surface area contributed by atoms with Gasteiger partial charge in [0.25, 0.3) is 5.91 Å². The Morgan fingerprint density at radius 3 is 2.28 bits per heavy atom. The third kappa shape index (κ3) is 4.94. The van der Waals surface area contributed by atoms with E-state index in [0.717, 1.165) is 17.7 Å². The number of hydrogen-bond acceptors (Lipinski definition) is 5. The van der Waals surface area contributed by atoms with Crippen LogP contribution in [-0.2, 0) is 15.7 Å². The molecule has 6 nitrogen and oxygen atoms in total. The first kappa shape index (κ1) is 21.9. The smallest absolute Gasteiger partial charge is 0.416 e. The van der Waals surface area contributed by atoms with Crippen molar-refractivity contribution in [1.29, 1.82) is 0 Å². The molecule has 3 aromatic rings. The Morgan fingerprint density at radius 2 is 1.66 bits per heavy atom. The lowest BCUT2D eigenvalue weighted by Crippen LogP contribution is -2.42. The van der Waals surface area contributed by atoms with Crippen LogP contribution in [0.5, 0.6) is 5.75 Å². The maximum atomic E-state index is 12.8. The molecule has 168 valence electrons. The van der Waals surface area contributed by atoms with E-state index in [1.54, 1.807) is 36.1 Å². The second-order valence-electron chi connectivity index (χ2n) is 7.31. The zero-order valence-electron chi connectivity index (χ0n) is 17.3. The minimum absolute atomic E-state index is 0.0552. The molecular formula is C23H21F3N2O4. The predicted octanol–water partition coefficient (Wildman–Crippen LogP) is 4.57. The maximum absolute atomic E-state index is 12.8. The van der Waals surface area contributed by atoms with Gasteiger partial charge in [-0.1, -0.05) is 0 Å². The SMILES string of the molecule is Cc1oc(-c2ccc(C(F)(F)F)cc2)nc1-c1ccc(OCC(=O)N2CCOCC2)cc1. The number of rotatable bonds is 5. The van der Waals surface area contributed by atoms with Crippen LogP contribution in [0.1, 0.15) is 11.3 Å². The van der Waals surface area contributed by atoms with E-state index in [1.165, 1.54) is 12.1 Å². The van der Waals surface area contributed by atoms with Crippen molar-refractivity contribution in [2.75, 3.05) is 32.9 Å². The Bertz CT molecular complexity index is 1070. The Morgan fingerprint density at radius 1 is 1.03 bits per heavy atom. The fourth-order valence-corrected chi connectivity index (χ4v) is 3.35. The summed E-state index contributed by atoms with van der Waals surface area (Å²) in [7, 11) is 0. The molecule has 0 unspecified atom stereocenters. The summed E-state index contributed by atoms with van der Waals surface area (Å²) in [5.74, 6) is 1.23. The van der Waals surface area contributed by atoms with Crippen molar-refractivity contribution in [2.24, 2.45) is 0 Å². The number of morpholine rings is 1. The van der Waals surface area contributed by atoms with Gasteiger partial charge in [-0.3, -0.25) is 4.79 Å². The number of oxazole rings is 1. The third-order valence-corrected chi connectivity index (χ3v) is 5.11. The van der Waals surface area contributed by atoms with Crippen molar-refractivity contribution in [3.8, 4) is 28.5 Å². The predicted molar refractivity (Wildman–Crippen MR) is 110 cm³/mol. The van der Waals surface area contributed by atoms with E-state index in [0.29, 0.717) is 49.1 Å². The maximum Gasteiger partial charge on any atom is 0.416 e. The molecule has 2 heterocycles. The molecule has 4 rings (SSSR count). The topological polar surface area (TPSA) is 64.8 Å². The number of hydrogen-bond donors (Lipinski definition) is 0. The first-order valence-electron chi connectivity index (χ1n) is 10.0. The summed E-state index contributed by atoms with van der Waals surface area (Å²) in [5, 5.41) is 0. The van der Waals surface area contributed by atoms with E-state index in [2.05, 4.69) is 4.98 Å². The van der Waals surface area contributed by atoms with Gasteiger partial charge in [0.15, 0.2) is 6.61 Å². The van der Waals surface area contributed by atoms with Crippen molar-refractivity contribution < 1.29 is 31.9 Å². The molecule has 32 heavy (non-hydrogen) atoms. The molecule has 1 fully saturated rings. The van der Waals surface area contributed by atoms with Gasteiger partial charge in [-0.25, -0.2) is 4.98 Å².